The molecular weight excluding hydrogens is 210 g/mol. The molecule has 5 nitrogen and oxygen atoms in total. The molecule has 14 heavy (non-hydrogen) atoms. The quantitative estimate of drug-likeness (QED) is 0.498. The topological polar surface area (TPSA) is 66.8 Å². The predicted molar refractivity (Wildman–Crippen MR) is 48.9 cm³/mol. The van der Waals surface area contributed by atoms with E-state index in [1.165, 1.54) is 12.0 Å². The van der Waals surface area contributed by atoms with Gasteiger partial charge in [0.25, 0.3) is 0 Å². The molecule has 0 spiro atoms. The number of aliphatic hydroxyl groups is 1. The molecular formula is C8H12ClNO4. The summed E-state index contributed by atoms with van der Waals surface area (Å²) in [6, 6.07) is -0.693. The molecule has 6 heteroatoms. The largest absolute Gasteiger partial charge is 0.467 e. The van der Waals surface area contributed by atoms with Crippen molar-refractivity contribution in [3.63, 3.8) is 0 Å². The van der Waals surface area contributed by atoms with Crippen molar-refractivity contribution in [2.24, 2.45) is 0 Å². The standard InChI is InChI=1S/C8H12ClNO4/c1-14-8(13)6-2-5(11)4-10(6)7(12)3-9/h5-6,11H,2-4H2,1H3/t5?,6-/m1/s1. The number of methoxy groups -OCH3 is 1. The lowest BCUT2D eigenvalue weighted by Crippen LogP contribution is -2.41. The Labute approximate surface area is 86.6 Å². The summed E-state index contributed by atoms with van der Waals surface area (Å²) in [4.78, 5) is 23.7. The molecule has 1 amide bonds. The minimum Gasteiger partial charge on any atom is -0.467 e. The Hall–Kier alpha value is -0.810. The molecule has 1 aliphatic rings. The van der Waals surface area contributed by atoms with Crippen molar-refractivity contribution >= 4 is 23.5 Å². The average molecular weight is 222 g/mol. The number of likely N-dealkylation sites (tertiary alicyclic amines) is 1. The maximum absolute atomic E-state index is 11.3. The Kier molecular flexibility index (Phi) is 3.71. The van der Waals surface area contributed by atoms with E-state index in [0.717, 1.165) is 0 Å². The van der Waals surface area contributed by atoms with Crippen molar-refractivity contribution in [2.45, 2.75) is 18.6 Å². The second kappa shape index (κ2) is 4.61. The van der Waals surface area contributed by atoms with Gasteiger partial charge in [-0.2, -0.15) is 0 Å². The van der Waals surface area contributed by atoms with Crippen molar-refractivity contribution in [3.8, 4) is 0 Å². The number of aliphatic hydroxyl groups excluding tert-OH is 1. The summed E-state index contributed by atoms with van der Waals surface area (Å²) in [5.41, 5.74) is 0. The zero-order chi connectivity index (χ0) is 10.7. The Balaban J connectivity index is 2.72. The van der Waals surface area contributed by atoms with E-state index in [1.54, 1.807) is 0 Å². The summed E-state index contributed by atoms with van der Waals surface area (Å²) in [6.45, 7) is 0.144. The van der Waals surface area contributed by atoms with Crippen LogP contribution in [0.25, 0.3) is 0 Å². The van der Waals surface area contributed by atoms with Gasteiger partial charge in [-0.25, -0.2) is 4.79 Å². The molecule has 2 atom stereocenters. The van der Waals surface area contributed by atoms with Crippen LogP contribution in [0.4, 0.5) is 0 Å². The van der Waals surface area contributed by atoms with E-state index in [-0.39, 0.29) is 24.8 Å². The zero-order valence-electron chi connectivity index (χ0n) is 7.77. The predicted octanol–water partition coefficient (Wildman–Crippen LogP) is -0.640. The second-order valence-corrected chi connectivity index (χ2v) is 3.38. The third-order valence-corrected chi connectivity index (χ3v) is 2.42. The number of hydrogen-bond donors (Lipinski definition) is 1. The first-order valence-electron chi connectivity index (χ1n) is 4.21. The lowest BCUT2D eigenvalue weighted by atomic mass is 10.2. The highest BCUT2D eigenvalue weighted by atomic mass is 35.5. The molecule has 1 aliphatic heterocycles. The number of carbonyl (C=O) groups excluding carboxylic acids is 2. The molecule has 0 radical (unpaired) electrons. The van der Waals surface area contributed by atoms with E-state index < -0.39 is 18.1 Å². The number of nitrogens with zero attached hydrogens (tertiary/aromatic N) is 1. The van der Waals surface area contributed by atoms with Crippen LogP contribution in [0.2, 0.25) is 0 Å². The van der Waals surface area contributed by atoms with Crippen LogP contribution in [0.5, 0.6) is 0 Å². The molecule has 0 aromatic carbocycles. The van der Waals surface area contributed by atoms with Crippen LogP contribution in [0.15, 0.2) is 0 Å². The number of hydrogen-bond acceptors (Lipinski definition) is 4. The van der Waals surface area contributed by atoms with Crippen molar-refractivity contribution in [1.82, 2.24) is 4.90 Å². The minimum absolute atomic E-state index is 0.144. The van der Waals surface area contributed by atoms with E-state index in [2.05, 4.69) is 4.74 Å². The molecule has 1 N–H and O–H groups in total. The monoisotopic (exact) mass is 221 g/mol. The van der Waals surface area contributed by atoms with Crippen LogP contribution in [-0.4, -0.2) is 53.6 Å². The molecule has 1 saturated heterocycles. The molecule has 0 aliphatic carbocycles. The molecule has 1 unspecified atom stereocenters. The highest BCUT2D eigenvalue weighted by Gasteiger charge is 2.39. The van der Waals surface area contributed by atoms with Crippen LogP contribution >= 0.6 is 11.6 Å². The van der Waals surface area contributed by atoms with Crippen molar-refractivity contribution in [1.29, 1.82) is 0 Å². The molecule has 0 aromatic heterocycles. The molecule has 0 saturated carbocycles. The fraction of sp³-hybridized carbons (Fsp3) is 0.750. The normalized spacial score (nSPS) is 26.4. The number of halogens is 1. The van der Waals surface area contributed by atoms with Crippen LogP contribution in [-0.2, 0) is 14.3 Å². The molecule has 1 rings (SSSR count). The van der Waals surface area contributed by atoms with Gasteiger partial charge in [-0.15, -0.1) is 11.6 Å². The van der Waals surface area contributed by atoms with Gasteiger partial charge in [-0.05, 0) is 0 Å². The number of amides is 1. The number of alkyl halides is 1. The number of esters is 1. The maximum Gasteiger partial charge on any atom is 0.328 e. The number of β-amino-alcohol motifs (C(OH)–C–C–N with tert-alkyl or cyclic N) is 1. The summed E-state index contributed by atoms with van der Waals surface area (Å²) in [6.07, 6.45) is -0.457. The third kappa shape index (κ3) is 2.16. The van der Waals surface area contributed by atoms with Crippen molar-refractivity contribution in [3.05, 3.63) is 0 Å². The summed E-state index contributed by atoms with van der Waals surface area (Å²) in [7, 11) is 1.25. The lowest BCUT2D eigenvalue weighted by Gasteiger charge is -2.20. The van der Waals surface area contributed by atoms with Crippen LogP contribution in [0.1, 0.15) is 6.42 Å². The Morgan fingerprint density at radius 2 is 2.29 bits per heavy atom. The highest BCUT2D eigenvalue weighted by Crippen LogP contribution is 2.19. The van der Waals surface area contributed by atoms with Gasteiger partial charge in [0.05, 0.1) is 13.2 Å². The fourth-order valence-corrected chi connectivity index (χ4v) is 1.68. The molecule has 80 valence electrons. The first-order chi connectivity index (χ1) is 6.60. The highest BCUT2D eigenvalue weighted by molar-refractivity contribution is 6.27. The molecule has 1 heterocycles. The Bertz CT molecular complexity index is 221. The summed E-state index contributed by atoms with van der Waals surface area (Å²) < 4.78 is 4.52. The van der Waals surface area contributed by atoms with Crippen LogP contribution in [0, 0.1) is 0 Å². The fourth-order valence-electron chi connectivity index (χ4n) is 1.53. The van der Waals surface area contributed by atoms with Gasteiger partial charge < -0.3 is 14.7 Å². The van der Waals surface area contributed by atoms with Gasteiger partial charge in [-0.3, -0.25) is 4.79 Å². The van der Waals surface area contributed by atoms with Crippen LogP contribution < -0.4 is 0 Å². The summed E-state index contributed by atoms with van der Waals surface area (Å²) in [5, 5.41) is 9.31. The smallest absolute Gasteiger partial charge is 0.328 e. The average Bonchev–Trinajstić information content (AvgIpc) is 2.58. The summed E-state index contributed by atoms with van der Waals surface area (Å²) in [5.74, 6) is -1.07. The third-order valence-electron chi connectivity index (χ3n) is 2.19. The molecule has 1 fully saturated rings. The zero-order valence-corrected chi connectivity index (χ0v) is 8.53. The van der Waals surface area contributed by atoms with E-state index in [1.807, 2.05) is 0 Å². The Morgan fingerprint density at radius 1 is 1.64 bits per heavy atom. The number of ether oxygens (including phenoxy) is 1. The van der Waals surface area contributed by atoms with E-state index in [9.17, 15) is 14.7 Å². The number of carbonyl (C=O) groups is 2. The minimum atomic E-state index is -0.693. The van der Waals surface area contributed by atoms with Gasteiger partial charge in [0.1, 0.15) is 11.9 Å². The van der Waals surface area contributed by atoms with E-state index >= 15 is 0 Å². The lowest BCUT2D eigenvalue weighted by molar-refractivity contribution is -0.150. The SMILES string of the molecule is COC(=O)[C@H]1CC(O)CN1C(=O)CCl. The number of rotatable bonds is 2. The first kappa shape index (κ1) is 11.3. The molecule has 0 aromatic rings. The second-order valence-electron chi connectivity index (χ2n) is 3.11. The maximum atomic E-state index is 11.3. The summed E-state index contributed by atoms with van der Waals surface area (Å²) >= 11 is 5.37. The van der Waals surface area contributed by atoms with E-state index in [4.69, 9.17) is 11.6 Å². The van der Waals surface area contributed by atoms with Gasteiger partial charge >= 0.3 is 5.97 Å². The van der Waals surface area contributed by atoms with Gasteiger partial charge in [0.2, 0.25) is 5.91 Å². The van der Waals surface area contributed by atoms with Gasteiger partial charge in [0, 0.05) is 13.0 Å². The van der Waals surface area contributed by atoms with Gasteiger partial charge in [-0.1, -0.05) is 0 Å². The van der Waals surface area contributed by atoms with Crippen molar-refractivity contribution in [2.75, 3.05) is 19.5 Å². The van der Waals surface area contributed by atoms with E-state index in [0.29, 0.717) is 0 Å². The molecule has 0 bridgehead atoms. The van der Waals surface area contributed by atoms with Crippen LogP contribution in [0.3, 0.4) is 0 Å². The Morgan fingerprint density at radius 3 is 2.79 bits per heavy atom. The van der Waals surface area contributed by atoms with Crippen molar-refractivity contribution < 1.29 is 19.4 Å². The van der Waals surface area contributed by atoms with Gasteiger partial charge in [0.15, 0.2) is 0 Å². The first-order valence-corrected chi connectivity index (χ1v) is 4.75.